The SMILES string of the molecule is CN=C(NCCCCCCC(=O)OC)NC(C)c1cccc(N2CCCC2)c1. The summed E-state index contributed by atoms with van der Waals surface area (Å²) < 4.78 is 4.66. The molecule has 2 rings (SSSR count). The van der Waals surface area contributed by atoms with E-state index >= 15 is 0 Å². The van der Waals surface area contributed by atoms with Crippen LogP contribution in [0.3, 0.4) is 0 Å². The summed E-state index contributed by atoms with van der Waals surface area (Å²) >= 11 is 0. The number of anilines is 1. The van der Waals surface area contributed by atoms with Gasteiger partial charge in [-0.05, 0) is 50.3 Å². The van der Waals surface area contributed by atoms with E-state index in [1.165, 1.54) is 31.2 Å². The normalized spacial score (nSPS) is 15.4. The van der Waals surface area contributed by atoms with Crippen molar-refractivity contribution in [1.82, 2.24) is 10.6 Å². The van der Waals surface area contributed by atoms with E-state index in [2.05, 4.69) is 56.5 Å². The number of hydrogen-bond acceptors (Lipinski definition) is 4. The van der Waals surface area contributed by atoms with Crippen LogP contribution >= 0.6 is 0 Å². The summed E-state index contributed by atoms with van der Waals surface area (Å²) in [6.45, 7) is 5.36. The lowest BCUT2D eigenvalue weighted by Crippen LogP contribution is -2.39. The Morgan fingerprint density at radius 1 is 1.21 bits per heavy atom. The molecule has 1 heterocycles. The quantitative estimate of drug-likeness (QED) is 0.277. The average molecular weight is 389 g/mol. The summed E-state index contributed by atoms with van der Waals surface area (Å²) in [6.07, 6.45) is 7.18. The predicted octanol–water partition coefficient (Wildman–Crippen LogP) is 3.64. The number of benzene rings is 1. The minimum atomic E-state index is -0.120. The number of aliphatic imine (C=N–C) groups is 1. The topological polar surface area (TPSA) is 66.0 Å². The Balaban J connectivity index is 1.70. The van der Waals surface area contributed by atoms with E-state index in [1.807, 2.05) is 0 Å². The van der Waals surface area contributed by atoms with E-state index in [-0.39, 0.29) is 12.0 Å². The molecule has 1 saturated heterocycles. The summed E-state index contributed by atoms with van der Waals surface area (Å²) in [4.78, 5) is 17.9. The van der Waals surface area contributed by atoms with Crippen molar-refractivity contribution in [2.75, 3.05) is 38.7 Å². The number of guanidine groups is 1. The van der Waals surface area contributed by atoms with Gasteiger partial charge in [-0.1, -0.05) is 25.0 Å². The van der Waals surface area contributed by atoms with Crippen molar-refractivity contribution < 1.29 is 9.53 Å². The molecule has 1 unspecified atom stereocenters. The van der Waals surface area contributed by atoms with Crippen LogP contribution in [0, 0.1) is 0 Å². The highest BCUT2D eigenvalue weighted by atomic mass is 16.5. The van der Waals surface area contributed by atoms with E-state index in [4.69, 9.17) is 0 Å². The zero-order chi connectivity index (χ0) is 20.2. The van der Waals surface area contributed by atoms with E-state index in [0.717, 1.165) is 51.3 Å². The number of rotatable bonds is 10. The van der Waals surface area contributed by atoms with Gasteiger partial charge < -0.3 is 20.3 Å². The molecule has 1 aliphatic rings. The third-order valence-electron chi connectivity index (χ3n) is 5.25. The largest absolute Gasteiger partial charge is 0.469 e. The molecule has 6 heteroatoms. The zero-order valence-electron chi connectivity index (χ0n) is 17.7. The van der Waals surface area contributed by atoms with Crippen molar-refractivity contribution in [1.29, 1.82) is 0 Å². The summed E-state index contributed by atoms with van der Waals surface area (Å²) in [6, 6.07) is 9.00. The first kappa shape index (κ1) is 22.1. The number of nitrogens with zero attached hydrogens (tertiary/aromatic N) is 2. The second-order valence-corrected chi connectivity index (χ2v) is 7.39. The number of methoxy groups -OCH3 is 1. The number of hydrogen-bond donors (Lipinski definition) is 2. The van der Waals surface area contributed by atoms with Gasteiger partial charge in [0.1, 0.15) is 0 Å². The van der Waals surface area contributed by atoms with E-state index in [0.29, 0.717) is 6.42 Å². The van der Waals surface area contributed by atoms with Crippen LogP contribution in [0.5, 0.6) is 0 Å². The fourth-order valence-corrected chi connectivity index (χ4v) is 3.51. The molecule has 0 aliphatic carbocycles. The van der Waals surface area contributed by atoms with Gasteiger partial charge in [-0.3, -0.25) is 9.79 Å². The fraction of sp³-hybridized carbons (Fsp3) is 0.636. The first-order chi connectivity index (χ1) is 13.6. The number of unbranched alkanes of at least 4 members (excludes halogenated alkanes) is 3. The van der Waals surface area contributed by atoms with Crippen molar-refractivity contribution in [2.45, 2.75) is 57.9 Å². The third-order valence-corrected chi connectivity index (χ3v) is 5.25. The predicted molar refractivity (Wildman–Crippen MR) is 116 cm³/mol. The molecule has 2 N–H and O–H groups in total. The van der Waals surface area contributed by atoms with E-state index in [1.54, 1.807) is 7.05 Å². The van der Waals surface area contributed by atoms with Crippen molar-refractivity contribution >= 4 is 17.6 Å². The first-order valence-electron chi connectivity index (χ1n) is 10.5. The number of carbonyl (C=O) groups excluding carboxylic acids is 1. The first-order valence-corrected chi connectivity index (χ1v) is 10.5. The molecule has 156 valence electrons. The minimum absolute atomic E-state index is 0.120. The molecule has 0 aromatic heterocycles. The van der Waals surface area contributed by atoms with Gasteiger partial charge in [0.15, 0.2) is 5.96 Å². The number of esters is 1. The lowest BCUT2D eigenvalue weighted by molar-refractivity contribution is -0.140. The van der Waals surface area contributed by atoms with Gasteiger partial charge in [0.05, 0.1) is 13.2 Å². The van der Waals surface area contributed by atoms with Gasteiger partial charge in [-0.15, -0.1) is 0 Å². The van der Waals surface area contributed by atoms with Crippen molar-refractivity contribution in [3.63, 3.8) is 0 Å². The Labute approximate surface area is 169 Å². The highest BCUT2D eigenvalue weighted by Gasteiger charge is 2.14. The zero-order valence-corrected chi connectivity index (χ0v) is 17.7. The number of nitrogens with one attached hydrogen (secondary N) is 2. The van der Waals surface area contributed by atoms with Crippen LogP contribution in [0.1, 0.15) is 63.5 Å². The van der Waals surface area contributed by atoms with Gasteiger partial charge in [0, 0.05) is 38.8 Å². The van der Waals surface area contributed by atoms with Crippen LogP contribution in [0.15, 0.2) is 29.3 Å². The van der Waals surface area contributed by atoms with Crippen LogP contribution in [0.4, 0.5) is 5.69 Å². The summed E-state index contributed by atoms with van der Waals surface area (Å²) in [7, 11) is 3.24. The molecule has 28 heavy (non-hydrogen) atoms. The highest BCUT2D eigenvalue weighted by molar-refractivity contribution is 5.80. The van der Waals surface area contributed by atoms with Crippen LogP contribution in [-0.2, 0) is 9.53 Å². The van der Waals surface area contributed by atoms with Gasteiger partial charge in [0.25, 0.3) is 0 Å². The summed E-state index contributed by atoms with van der Waals surface area (Å²) in [5.41, 5.74) is 2.59. The molecule has 6 nitrogen and oxygen atoms in total. The van der Waals surface area contributed by atoms with Crippen LogP contribution < -0.4 is 15.5 Å². The third kappa shape index (κ3) is 7.41. The lowest BCUT2D eigenvalue weighted by atomic mass is 10.1. The lowest BCUT2D eigenvalue weighted by Gasteiger charge is -2.22. The van der Waals surface area contributed by atoms with Crippen molar-refractivity contribution in [3.05, 3.63) is 29.8 Å². The molecule has 0 spiro atoms. The smallest absolute Gasteiger partial charge is 0.305 e. The molecule has 0 amide bonds. The van der Waals surface area contributed by atoms with Gasteiger partial charge >= 0.3 is 5.97 Å². The van der Waals surface area contributed by atoms with Crippen LogP contribution in [0.2, 0.25) is 0 Å². The van der Waals surface area contributed by atoms with Gasteiger partial charge in [-0.25, -0.2) is 0 Å². The minimum Gasteiger partial charge on any atom is -0.469 e. The fourth-order valence-electron chi connectivity index (χ4n) is 3.51. The maximum atomic E-state index is 11.1. The summed E-state index contributed by atoms with van der Waals surface area (Å²) in [5.74, 6) is 0.708. The summed E-state index contributed by atoms with van der Waals surface area (Å²) in [5, 5.41) is 6.87. The van der Waals surface area contributed by atoms with Gasteiger partial charge in [0.2, 0.25) is 0 Å². The molecule has 0 radical (unpaired) electrons. The Morgan fingerprint density at radius 3 is 2.68 bits per heavy atom. The van der Waals surface area contributed by atoms with Crippen LogP contribution in [0.25, 0.3) is 0 Å². The maximum absolute atomic E-state index is 11.1. The number of ether oxygens (including phenoxy) is 1. The number of carbonyl (C=O) groups is 1. The Hall–Kier alpha value is -2.24. The molecule has 1 aromatic carbocycles. The van der Waals surface area contributed by atoms with Gasteiger partial charge in [-0.2, -0.15) is 0 Å². The Bertz CT molecular complexity index is 627. The Kier molecular flexibility index (Phi) is 9.66. The average Bonchev–Trinajstić information content (AvgIpc) is 3.26. The van der Waals surface area contributed by atoms with Crippen molar-refractivity contribution in [3.8, 4) is 0 Å². The highest BCUT2D eigenvalue weighted by Crippen LogP contribution is 2.23. The molecule has 1 fully saturated rings. The van der Waals surface area contributed by atoms with E-state index in [9.17, 15) is 4.79 Å². The van der Waals surface area contributed by atoms with Crippen molar-refractivity contribution in [2.24, 2.45) is 4.99 Å². The van der Waals surface area contributed by atoms with E-state index < -0.39 is 0 Å². The standard InChI is InChI=1S/C22H36N4O2/c1-18(19-11-10-12-20(17-19)26-15-8-9-16-26)25-22(23-2)24-14-7-5-4-6-13-21(27)28-3/h10-12,17-18H,4-9,13-16H2,1-3H3,(H2,23,24,25). The monoisotopic (exact) mass is 388 g/mol. The molecule has 0 saturated carbocycles. The van der Waals surface area contributed by atoms with Crippen LogP contribution in [-0.4, -0.2) is 45.7 Å². The molecule has 1 aromatic rings. The molecule has 1 aliphatic heterocycles. The molecular formula is C22H36N4O2. The maximum Gasteiger partial charge on any atom is 0.305 e. The second-order valence-electron chi connectivity index (χ2n) is 7.39. The molecule has 0 bridgehead atoms. The molecule has 1 atom stereocenters. The Morgan fingerprint density at radius 2 is 1.96 bits per heavy atom. The second kappa shape index (κ2) is 12.3. The molecular weight excluding hydrogens is 352 g/mol.